The summed E-state index contributed by atoms with van der Waals surface area (Å²) in [5.41, 5.74) is -0.857. The summed E-state index contributed by atoms with van der Waals surface area (Å²) in [5.74, 6) is -12.9. The number of unbranched alkanes of at least 4 members (excludes halogenated alkanes) is 5. The quantitative estimate of drug-likeness (QED) is 0.124. The molecule has 2 aromatic rings. The van der Waals surface area contributed by atoms with Gasteiger partial charge in [-0.3, -0.25) is 0 Å². The maximum absolute atomic E-state index is 14.3. The van der Waals surface area contributed by atoms with Gasteiger partial charge in [0.15, 0.2) is 23.3 Å². The number of methoxy groups -OCH3 is 2. The Morgan fingerprint density at radius 2 is 1.34 bits per heavy atom. The van der Waals surface area contributed by atoms with E-state index in [4.69, 9.17) is 9.47 Å². The molecule has 1 N–H and O–H groups in total. The molecule has 0 amide bonds. The van der Waals surface area contributed by atoms with Crippen molar-refractivity contribution in [2.24, 2.45) is 0 Å². The normalized spacial score (nSPS) is 12.9. The van der Waals surface area contributed by atoms with Crippen LogP contribution in [0.25, 0.3) is 11.1 Å². The molecule has 2 aromatic carbocycles. The minimum atomic E-state index is -2.21. The summed E-state index contributed by atoms with van der Waals surface area (Å²) in [6.45, 7) is 2.12. The largest absolute Gasteiger partial charge is 0.343 e. The number of hydrogen-bond donors (Lipinski definition) is 1. The summed E-state index contributed by atoms with van der Waals surface area (Å²) in [5, 5.41) is 10.8. The summed E-state index contributed by atoms with van der Waals surface area (Å²) in [6.07, 6.45) is 6.39. The van der Waals surface area contributed by atoms with Crippen LogP contribution < -0.4 is 0 Å². The highest BCUT2D eigenvalue weighted by Crippen LogP contribution is 2.38. The molecular formula is C24H29F5O3. The molecule has 0 bridgehead atoms. The van der Waals surface area contributed by atoms with Gasteiger partial charge in [0.2, 0.25) is 5.82 Å². The third-order valence-electron chi connectivity index (χ3n) is 5.66. The second-order valence-electron chi connectivity index (χ2n) is 7.72. The summed E-state index contributed by atoms with van der Waals surface area (Å²) < 4.78 is 79.8. The first-order chi connectivity index (χ1) is 15.2. The van der Waals surface area contributed by atoms with Crippen LogP contribution in [0.1, 0.15) is 63.4 Å². The molecule has 0 aliphatic rings. The van der Waals surface area contributed by atoms with Crippen molar-refractivity contribution >= 4 is 0 Å². The van der Waals surface area contributed by atoms with Crippen molar-refractivity contribution in [3.8, 4) is 11.1 Å². The van der Waals surface area contributed by atoms with E-state index in [2.05, 4.69) is 6.92 Å². The molecule has 0 radical (unpaired) electrons. The number of benzene rings is 2. The molecule has 8 heteroatoms. The molecule has 0 aromatic heterocycles. The molecule has 0 aliphatic heterocycles. The Morgan fingerprint density at radius 1 is 0.812 bits per heavy atom. The van der Waals surface area contributed by atoms with Gasteiger partial charge in [-0.15, -0.1) is 0 Å². The predicted molar refractivity (Wildman–Crippen MR) is 111 cm³/mol. The maximum Gasteiger partial charge on any atom is 0.287 e. The third kappa shape index (κ3) is 5.66. The van der Waals surface area contributed by atoms with Gasteiger partial charge >= 0.3 is 0 Å². The second-order valence-corrected chi connectivity index (χ2v) is 7.72. The van der Waals surface area contributed by atoms with Crippen molar-refractivity contribution in [1.82, 2.24) is 0 Å². The lowest BCUT2D eigenvalue weighted by molar-refractivity contribution is -0.353. The molecule has 0 fully saturated rings. The van der Waals surface area contributed by atoms with Gasteiger partial charge in [0.05, 0.1) is 11.5 Å². The van der Waals surface area contributed by atoms with Crippen molar-refractivity contribution in [2.75, 3.05) is 14.2 Å². The van der Waals surface area contributed by atoms with Crippen molar-refractivity contribution in [1.29, 1.82) is 0 Å². The molecular weight excluding hydrogens is 431 g/mol. The minimum Gasteiger partial charge on any atom is -0.343 e. The average molecular weight is 460 g/mol. The Kier molecular flexibility index (Phi) is 9.61. The van der Waals surface area contributed by atoms with Crippen LogP contribution in [-0.2, 0) is 9.47 Å². The van der Waals surface area contributed by atoms with Gasteiger partial charge in [-0.05, 0) is 17.5 Å². The fraction of sp³-hybridized carbons (Fsp3) is 0.500. The van der Waals surface area contributed by atoms with E-state index in [9.17, 15) is 27.1 Å². The highest BCUT2D eigenvalue weighted by Gasteiger charge is 2.38. The Bertz CT molecular complexity index is 870. The summed E-state index contributed by atoms with van der Waals surface area (Å²) >= 11 is 0. The first-order valence-corrected chi connectivity index (χ1v) is 10.7. The maximum atomic E-state index is 14.3. The van der Waals surface area contributed by atoms with Crippen LogP contribution in [0, 0.1) is 29.1 Å². The molecule has 1 unspecified atom stereocenters. The molecule has 0 saturated heterocycles. The smallest absolute Gasteiger partial charge is 0.287 e. The van der Waals surface area contributed by atoms with Gasteiger partial charge in [0, 0.05) is 14.2 Å². The van der Waals surface area contributed by atoms with E-state index in [1.807, 2.05) is 0 Å². The predicted octanol–water partition coefficient (Wildman–Crippen LogP) is 6.82. The Balaban J connectivity index is 2.42. The van der Waals surface area contributed by atoms with Gasteiger partial charge in [-0.2, -0.15) is 0 Å². The molecule has 3 nitrogen and oxygen atoms in total. The van der Waals surface area contributed by atoms with Crippen LogP contribution in [0.15, 0.2) is 24.3 Å². The van der Waals surface area contributed by atoms with E-state index in [0.29, 0.717) is 12.0 Å². The summed E-state index contributed by atoms with van der Waals surface area (Å²) in [6, 6.07) is 5.52. The molecule has 178 valence electrons. The van der Waals surface area contributed by atoms with E-state index in [1.165, 1.54) is 32.4 Å². The lowest BCUT2D eigenvalue weighted by atomic mass is 9.88. The van der Waals surface area contributed by atoms with Gasteiger partial charge in [0.1, 0.15) is 0 Å². The Hall–Kier alpha value is -2.03. The monoisotopic (exact) mass is 460 g/mol. The first kappa shape index (κ1) is 26.2. The van der Waals surface area contributed by atoms with Crippen molar-refractivity contribution in [2.45, 2.75) is 63.8 Å². The van der Waals surface area contributed by atoms with Crippen LogP contribution >= 0.6 is 0 Å². The van der Waals surface area contributed by atoms with Crippen molar-refractivity contribution < 1.29 is 36.5 Å². The van der Waals surface area contributed by atoms with Crippen LogP contribution in [0.4, 0.5) is 22.0 Å². The van der Waals surface area contributed by atoms with Crippen LogP contribution in [0.5, 0.6) is 0 Å². The van der Waals surface area contributed by atoms with E-state index in [0.717, 1.165) is 38.5 Å². The molecule has 2 rings (SSSR count). The number of halogens is 5. The SMILES string of the molecule is CCCCCCCCC(c1cccc(-c2c(F)c(F)c(F)c(F)c2F)c1)C(O)(OC)OC. The molecule has 0 aliphatic carbocycles. The van der Waals surface area contributed by atoms with Crippen molar-refractivity contribution in [3.63, 3.8) is 0 Å². The Labute approximate surface area is 185 Å². The fourth-order valence-corrected chi connectivity index (χ4v) is 3.83. The average Bonchev–Trinajstić information content (AvgIpc) is 2.81. The van der Waals surface area contributed by atoms with Crippen LogP contribution in [-0.4, -0.2) is 25.3 Å². The van der Waals surface area contributed by atoms with Gasteiger partial charge in [0.25, 0.3) is 5.97 Å². The topological polar surface area (TPSA) is 38.7 Å². The van der Waals surface area contributed by atoms with Crippen molar-refractivity contribution in [3.05, 3.63) is 58.9 Å². The first-order valence-electron chi connectivity index (χ1n) is 10.7. The fourth-order valence-electron chi connectivity index (χ4n) is 3.83. The lowest BCUT2D eigenvalue weighted by Crippen LogP contribution is -2.40. The van der Waals surface area contributed by atoms with Gasteiger partial charge in [-0.1, -0.05) is 69.7 Å². The highest BCUT2D eigenvalue weighted by atomic mass is 19.2. The third-order valence-corrected chi connectivity index (χ3v) is 5.66. The summed E-state index contributed by atoms with van der Waals surface area (Å²) in [7, 11) is 2.51. The number of aliphatic hydroxyl groups is 1. The van der Waals surface area contributed by atoms with E-state index >= 15 is 0 Å². The summed E-state index contributed by atoms with van der Waals surface area (Å²) in [4.78, 5) is 0. The molecule has 1 atom stereocenters. The van der Waals surface area contributed by atoms with E-state index < -0.39 is 46.5 Å². The zero-order valence-electron chi connectivity index (χ0n) is 18.5. The van der Waals surface area contributed by atoms with E-state index in [-0.39, 0.29) is 5.56 Å². The van der Waals surface area contributed by atoms with Gasteiger partial charge < -0.3 is 14.6 Å². The zero-order chi connectivity index (χ0) is 23.9. The van der Waals surface area contributed by atoms with Gasteiger partial charge in [-0.25, -0.2) is 22.0 Å². The molecule has 0 spiro atoms. The second kappa shape index (κ2) is 11.7. The number of hydrogen-bond acceptors (Lipinski definition) is 3. The number of rotatable bonds is 12. The van der Waals surface area contributed by atoms with E-state index in [1.54, 1.807) is 6.07 Å². The van der Waals surface area contributed by atoms with Crippen LogP contribution in [0.2, 0.25) is 0 Å². The standard InChI is InChI=1S/C24H29F5O3/c1-4-5-6-7-8-9-13-17(24(30,31-2)32-3)15-11-10-12-16(14-15)18-19(25)21(27)23(29)22(28)20(18)26/h10-12,14,17,30H,4-9,13H2,1-3H3. The molecule has 0 heterocycles. The molecule has 32 heavy (non-hydrogen) atoms. The Morgan fingerprint density at radius 3 is 1.91 bits per heavy atom. The van der Waals surface area contributed by atoms with Crippen LogP contribution in [0.3, 0.4) is 0 Å². The zero-order valence-corrected chi connectivity index (χ0v) is 18.5. The minimum absolute atomic E-state index is 0.210. The molecule has 0 saturated carbocycles. The highest BCUT2D eigenvalue weighted by molar-refractivity contribution is 5.66. The number of ether oxygens (including phenoxy) is 2. The lowest BCUT2D eigenvalue weighted by Gasteiger charge is -2.33.